The van der Waals surface area contributed by atoms with Crippen LogP contribution in [-0.2, 0) is 10.0 Å². The quantitative estimate of drug-likeness (QED) is 0.653. The second-order valence-electron chi connectivity index (χ2n) is 8.10. The van der Waals surface area contributed by atoms with E-state index in [0.29, 0.717) is 35.9 Å². The van der Waals surface area contributed by atoms with Gasteiger partial charge in [-0.2, -0.15) is 4.31 Å². The summed E-state index contributed by atoms with van der Waals surface area (Å²) in [7, 11) is -3.21. The van der Waals surface area contributed by atoms with Crippen molar-refractivity contribution < 1.29 is 17.9 Å². The van der Waals surface area contributed by atoms with Crippen molar-refractivity contribution in [1.29, 1.82) is 0 Å². The number of rotatable bonds is 6. The lowest BCUT2D eigenvalue weighted by Gasteiger charge is -2.38. The molecule has 3 atom stereocenters. The lowest BCUT2D eigenvalue weighted by atomic mass is 10.0. The van der Waals surface area contributed by atoms with Gasteiger partial charge in [-0.25, -0.2) is 18.4 Å². The lowest BCUT2D eigenvalue weighted by Crippen LogP contribution is -2.50. The van der Waals surface area contributed by atoms with Crippen LogP contribution in [-0.4, -0.2) is 51.1 Å². The third-order valence-electron chi connectivity index (χ3n) is 5.89. The molecule has 0 N–H and O–H groups in total. The molecule has 0 amide bonds. The van der Waals surface area contributed by atoms with E-state index in [-0.39, 0.29) is 23.4 Å². The SMILES string of the molecule is Cc1ncccc1Oc1ncnc(OC2C[C@H]3C=C[C@@H](C2)N3S(=O)(=O)C2CC2)c1C. The Bertz CT molecular complexity index is 1080. The summed E-state index contributed by atoms with van der Waals surface area (Å²) in [5, 5.41) is -0.195. The number of aryl methyl sites for hydroxylation is 1. The monoisotopic (exact) mass is 428 g/mol. The predicted molar refractivity (Wildman–Crippen MR) is 110 cm³/mol. The number of piperidine rings is 1. The van der Waals surface area contributed by atoms with Gasteiger partial charge >= 0.3 is 0 Å². The highest BCUT2D eigenvalue weighted by atomic mass is 32.2. The zero-order valence-electron chi connectivity index (χ0n) is 16.9. The molecule has 158 valence electrons. The van der Waals surface area contributed by atoms with Crippen molar-refractivity contribution in [2.24, 2.45) is 0 Å². The number of hydrogen-bond acceptors (Lipinski definition) is 7. The van der Waals surface area contributed by atoms with Crippen LogP contribution in [0.25, 0.3) is 0 Å². The Hall–Kier alpha value is -2.52. The topological polar surface area (TPSA) is 94.5 Å². The molecule has 4 heterocycles. The molecule has 30 heavy (non-hydrogen) atoms. The Morgan fingerprint density at radius 3 is 2.40 bits per heavy atom. The third-order valence-corrected chi connectivity index (χ3v) is 8.34. The van der Waals surface area contributed by atoms with Gasteiger partial charge in [0.1, 0.15) is 12.4 Å². The van der Waals surface area contributed by atoms with Crippen molar-refractivity contribution in [2.45, 2.75) is 63.0 Å². The van der Waals surface area contributed by atoms with E-state index in [1.807, 2.05) is 38.1 Å². The summed E-state index contributed by atoms with van der Waals surface area (Å²) in [5.41, 5.74) is 1.47. The molecule has 1 unspecified atom stereocenters. The van der Waals surface area contributed by atoms with E-state index in [1.165, 1.54) is 6.33 Å². The average molecular weight is 429 g/mol. The lowest BCUT2D eigenvalue weighted by molar-refractivity contribution is 0.0979. The van der Waals surface area contributed by atoms with Gasteiger partial charge in [0.25, 0.3) is 0 Å². The molecule has 1 saturated heterocycles. The zero-order valence-corrected chi connectivity index (χ0v) is 17.7. The second-order valence-corrected chi connectivity index (χ2v) is 10.2. The average Bonchev–Trinajstić information content (AvgIpc) is 3.53. The van der Waals surface area contributed by atoms with Gasteiger partial charge < -0.3 is 9.47 Å². The minimum absolute atomic E-state index is 0.123. The molecule has 1 saturated carbocycles. The van der Waals surface area contributed by atoms with Gasteiger partial charge in [0.15, 0.2) is 5.75 Å². The van der Waals surface area contributed by atoms with Crippen LogP contribution < -0.4 is 9.47 Å². The van der Waals surface area contributed by atoms with Gasteiger partial charge in [0.2, 0.25) is 21.8 Å². The van der Waals surface area contributed by atoms with Crippen molar-refractivity contribution in [3.63, 3.8) is 0 Å². The Balaban J connectivity index is 1.31. The smallest absolute Gasteiger partial charge is 0.229 e. The van der Waals surface area contributed by atoms with Crippen LogP contribution in [0, 0.1) is 13.8 Å². The Labute approximate surface area is 176 Å². The highest BCUT2D eigenvalue weighted by molar-refractivity contribution is 7.90. The van der Waals surface area contributed by atoms with E-state index < -0.39 is 10.0 Å². The Kier molecular flexibility index (Phi) is 4.74. The van der Waals surface area contributed by atoms with Crippen molar-refractivity contribution in [2.75, 3.05) is 0 Å². The van der Waals surface area contributed by atoms with E-state index in [1.54, 1.807) is 10.5 Å². The fraction of sp³-hybridized carbons (Fsp3) is 0.476. The molecule has 8 nitrogen and oxygen atoms in total. The highest BCUT2D eigenvalue weighted by Crippen LogP contribution is 2.41. The predicted octanol–water partition coefficient (Wildman–Crippen LogP) is 2.92. The molecule has 0 spiro atoms. The van der Waals surface area contributed by atoms with Crippen LogP contribution in [0.15, 0.2) is 36.8 Å². The van der Waals surface area contributed by atoms with E-state index in [9.17, 15) is 8.42 Å². The van der Waals surface area contributed by atoms with Crippen LogP contribution in [0.4, 0.5) is 0 Å². The highest BCUT2D eigenvalue weighted by Gasteiger charge is 2.50. The maximum absolute atomic E-state index is 12.8. The normalized spacial score (nSPS) is 26.0. The maximum atomic E-state index is 12.8. The molecule has 3 aliphatic rings. The van der Waals surface area contributed by atoms with Gasteiger partial charge in [-0.3, -0.25) is 4.98 Å². The molecule has 2 fully saturated rings. The van der Waals surface area contributed by atoms with Crippen LogP contribution in [0.5, 0.6) is 17.5 Å². The molecule has 2 aliphatic heterocycles. The van der Waals surface area contributed by atoms with Gasteiger partial charge in [-0.1, -0.05) is 12.2 Å². The summed E-state index contributed by atoms with van der Waals surface area (Å²) >= 11 is 0. The van der Waals surface area contributed by atoms with E-state index >= 15 is 0 Å². The molecule has 9 heteroatoms. The summed E-state index contributed by atoms with van der Waals surface area (Å²) in [4.78, 5) is 12.8. The molecule has 2 aromatic heterocycles. The number of sulfonamides is 1. The summed E-state index contributed by atoms with van der Waals surface area (Å²) in [6.45, 7) is 3.73. The van der Waals surface area contributed by atoms with Crippen LogP contribution in [0.1, 0.15) is 36.9 Å². The zero-order chi connectivity index (χ0) is 20.9. The van der Waals surface area contributed by atoms with Gasteiger partial charge in [0, 0.05) is 31.1 Å². The number of hydrogen-bond donors (Lipinski definition) is 0. The van der Waals surface area contributed by atoms with Crippen LogP contribution in [0.3, 0.4) is 0 Å². The number of nitrogens with zero attached hydrogens (tertiary/aromatic N) is 4. The first-order valence-corrected chi connectivity index (χ1v) is 11.7. The summed E-state index contributed by atoms with van der Waals surface area (Å²) < 4.78 is 39.4. The third kappa shape index (κ3) is 3.45. The summed E-state index contributed by atoms with van der Waals surface area (Å²) in [6, 6.07) is 3.36. The molecule has 5 rings (SSSR count). The molecular weight excluding hydrogens is 404 g/mol. The molecule has 2 aromatic rings. The summed E-state index contributed by atoms with van der Waals surface area (Å²) in [6.07, 6.45) is 9.78. The first-order chi connectivity index (χ1) is 14.4. The van der Waals surface area contributed by atoms with Gasteiger partial charge in [0.05, 0.1) is 16.5 Å². The molecule has 0 radical (unpaired) electrons. The van der Waals surface area contributed by atoms with E-state index in [0.717, 1.165) is 18.5 Å². The maximum Gasteiger partial charge on any atom is 0.229 e. The first-order valence-electron chi connectivity index (χ1n) is 10.2. The largest absolute Gasteiger partial charge is 0.474 e. The molecule has 0 aromatic carbocycles. The Morgan fingerprint density at radius 2 is 1.73 bits per heavy atom. The van der Waals surface area contributed by atoms with Gasteiger partial charge in [-0.05, 0) is 38.8 Å². The second kappa shape index (κ2) is 7.31. The number of fused-ring (bicyclic) bond motifs is 2. The fourth-order valence-electron chi connectivity index (χ4n) is 4.16. The van der Waals surface area contributed by atoms with Crippen LogP contribution >= 0.6 is 0 Å². The number of ether oxygens (including phenoxy) is 2. The minimum atomic E-state index is -3.21. The van der Waals surface area contributed by atoms with E-state index in [4.69, 9.17) is 9.47 Å². The summed E-state index contributed by atoms with van der Waals surface area (Å²) in [5.74, 6) is 1.52. The van der Waals surface area contributed by atoms with Gasteiger partial charge in [-0.15, -0.1) is 0 Å². The van der Waals surface area contributed by atoms with Crippen LogP contribution in [0.2, 0.25) is 0 Å². The number of pyridine rings is 1. The standard InChI is InChI=1S/C21H24N4O4S/c1-13-20(23-12-24-21(13)29-19-4-3-9-22-14(19)2)28-17-10-15-5-6-16(11-17)25(15)30(26,27)18-7-8-18/h3-6,9,12,15-18H,7-8,10-11H2,1-2H3/t15-,16+,17?. The van der Waals surface area contributed by atoms with Crippen molar-refractivity contribution in [1.82, 2.24) is 19.3 Å². The van der Waals surface area contributed by atoms with Crippen molar-refractivity contribution in [3.05, 3.63) is 48.1 Å². The first kappa shape index (κ1) is 19.4. The molecule has 2 bridgehead atoms. The Morgan fingerprint density at radius 1 is 1.03 bits per heavy atom. The van der Waals surface area contributed by atoms with E-state index in [2.05, 4.69) is 15.0 Å². The molecule has 1 aliphatic carbocycles. The molecular formula is C21H24N4O4S. The minimum Gasteiger partial charge on any atom is -0.474 e. The van der Waals surface area contributed by atoms with Crippen molar-refractivity contribution >= 4 is 10.0 Å². The number of aromatic nitrogens is 3. The van der Waals surface area contributed by atoms with Crippen molar-refractivity contribution in [3.8, 4) is 17.5 Å². The fourth-order valence-corrected chi connectivity index (χ4v) is 6.31.